The molecule has 0 aliphatic heterocycles. The third-order valence-corrected chi connectivity index (χ3v) is 4.08. The van der Waals surface area contributed by atoms with Crippen molar-refractivity contribution < 1.29 is 4.74 Å². The number of ether oxygens (including phenoxy) is 1. The average Bonchev–Trinajstić information content (AvgIpc) is 2.40. The summed E-state index contributed by atoms with van der Waals surface area (Å²) in [5.41, 5.74) is 2.22. The number of hydrogen-bond donors (Lipinski definition) is 0. The summed E-state index contributed by atoms with van der Waals surface area (Å²) in [5.74, 6) is 1.34. The van der Waals surface area contributed by atoms with Crippen LogP contribution >= 0.6 is 35.6 Å². The molecule has 0 bridgehead atoms. The van der Waals surface area contributed by atoms with Crippen molar-refractivity contribution in [2.75, 3.05) is 26.2 Å². The molecule has 0 spiro atoms. The highest BCUT2D eigenvalue weighted by atomic mass is 35.5. The van der Waals surface area contributed by atoms with Gasteiger partial charge in [0.25, 0.3) is 0 Å². The van der Waals surface area contributed by atoms with Crippen molar-refractivity contribution in [3.63, 3.8) is 0 Å². The summed E-state index contributed by atoms with van der Waals surface area (Å²) in [7, 11) is 0. The summed E-state index contributed by atoms with van der Waals surface area (Å²) in [6.45, 7) is 13.9. The van der Waals surface area contributed by atoms with Gasteiger partial charge < -0.3 is 4.74 Å². The maximum atomic E-state index is 6.22. The standard InChI is InChI=1S/C17H27Cl2NO.ClH/c1-6-20(11-14(5)18)7-8-21-17-9-13(4)16(19)10-15(17)12(2)3;/h9-10,12,14H,6-8,11H2,1-5H3;1H. The van der Waals surface area contributed by atoms with E-state index in [1.54, 1.807) is 0 Å². The Morgan fingerprint density at radius 3 is 2.36 bits per heavy atom. The molecule has 1 atom stereocenters. The van der Waals surface area contributed by atoms with Gasteiger partial charge in [0.2, 0.25) is 0 Å². The van der Waals surface area contributed by atoms with Crippen LogP contribution in [0.1, 0.15) is 44.7 Å². The van der Waals surface area contributed by atoms with E-state index in [0.29, 0.717) is 12.5 Å². The molecule has 0 fully saturated rings. The van der Waals surface area contributed by atoms with Gasteiger partial charge in [0.15, 0.2) is 0 Å². The number of alkyl halides is 1. The second-order valence-electron chi connectivity index (χ2n) is 5.82. The first-order chi connectivity index (χ1) is 9.85. The van der Waals surface area contributed by atoms with Gasteiger partial charge in [-0.2, -0.15) is 0 Å². The zero-order valence-corrected chi connectivity index (χ0v) is 16.5. The quantitative estimate of drug-likeness (QED) is 0.560. The number of benzene rings is 1. The topological polar surface area (TPSA) is 12.5 Å². The highest BCUT2D eigenvalue weighted by Crippen LogP contribution is 2.31. The molecule has 1 aromatic rings. The Bertz CT molecular complexity index is 450. The van der Waals surface area contributed by atoms with E-state index in [-0.39, 0.29) is 17.8 Å². The Kier molecular flexibility index (Phi) is 10.5. The smallest absolute Gasteiger partial charge is 0.123 e. The molecule has 22 heavy (non-hydrogen) atoms. The van der Waals surface area contributed by atoms with Crippen LogP contribution in [0.3, 0.4) is 0 Å². The SMILES string of the molecule is CCN(CCOc1cc(C)c(Cl)cc1C(C)C)CC(C)Cl.Cl. The lowest BCUT2D eigenvalue weighted by molar-refractivity contribution is 0.215. The minimum Gasteiger partial charge on any atom is -0.492 e. The fourth-order valence-corrected chi connectivity index (χ4v) is 2.63. The van der Waals surface area contributed by atoms with Gasteiger partial charge in [-0.25, -0.2) is 0 Å². The van der Waals surface area contributed by atoms with Crippen LogP contribution in [0.4, 0.5) is 0 Å². The van der Waals surface area contributed by atoms with Crippen molar-refractivity contribution in [1.29, 1.82) is 0 Å². The molecule has 0 radical (unpaired) electrons. The Morgan fingerprint density at radius 2 is 1.86 bits per heavy atom. The summed E-state index contributed by atoms with van der Waals surface area (Å²) in [6.07, 6.45) is 0. The molecule has 0 aliphatic rings. The van der Waals surface area contributed by atoms with Crippen molar-refractivity contribution in [2.24, 2.45) is 0 Å². The number of hydrogen-bond acceptors (Lipinski definition) is 2. The molecule has 0 saturated carbocycles. The van der Waals surface area contributed by atoms with E-state index < -0.39 is 0 Å². The van der Waals surface area contributed by atoms with Crippen LogP contribution in [0, 0.1) is 6.92 Å². The van der Waals surface area contributed by atoms with E-state index in [9.17, 15) is 0 Å². The van der Waals surface area contributed by atoms with E-state index >= 15 is 0 Å². The fourth-order valence-electron chi connectivity index (χ4n) is 2.27. The first kappa shape index (κ1) is 21.9. The van der Waals surface area contributed by atoms with Crippen molar-refractivity contribution in [1.82, 2.24) is 4.90 Å². The van der Waals surface area contributed by atoms with Crippen LogP contribution in [0.2, 0.25) is 5.02 Å². The zero-order valence-electron chi connectivity index (χ0n) is 14.2. The lowest BCUT2D eigenvalue weighted by Crippen LogP contribution is -2.32. The largest absolute Gasteiger partial charge is 0.492 e. The molecule has 128 valence electrons. The van der Waals surface area contributed by atoms with Gasteiger partial charge >= 0.3 is 0 Å². The molecule has 1 aromatic carbocycles. The minimum absolute atomic E-state index is 0. The predicted octanol–water partition coefficient (Wildman–Crippen LogP) is 5.52. The predicted molar refractivity (Wildman–Crippen MR) is 100 cm³/mol. The van der Waals surface area contributed by atoms with Gasteiger partial charge in [-0.15, -0.1) is 24.0 Å². The Morgan fingerprint density at radius 1 is 1.23 bits per heavy atom. The second-order valence-corrected chi connectivity index (χ2v) is 6.97. The maximum Gasteiger partial charge on any atom is 0.123 e. The Hall–Kier alpha value is -0.150. The van der Waals surface area contributed by atoms with Gasteiger partial charge in [-0.3, -0.25) is 4.90 Å². The van der Waals surface area contributed by atoms with E-state index in [1.807, 2.05) is 26.0 Å². The lowest BCUT2D eigenvalue weighted by Gasteiger charge is -2.22. The fraction of sp³-hybridized carbons (Fsp3) is 0.647. The second kappa shape index (κ2) is 10.6. The molecule has 0 aliphatic carbocycles. The third-order valence-electron chi connectivity index (χ3n) is 3.54. The summed E-state index contributed by atoms with van der Waals surface area (Å²) in [5, 5.41) is 0.964. The first-order valence-electron chi connectivity index (χ1n) is 7.64. The van der Waals surface area contributed by atoms with Crippen LogP contribution in [0.15, 0.2) is 12.1 Å². The number of halogens is 3. The molecule has 0 N–H and O–H groups in total. The number of rotatable bonds is 8. The summed E-state index contributed by atoms with van der Waals surface area (Å²) < 4.78 is 6.00. The van der Waals surface area contributed by atoms with Gasteiger partial charge in [0.1, 0.15) is 12.4 Å². The van der Waals surface area contributed by atoms with E-state index in [4.69, 9.17) is 27.9 Å². The highest BCUT2D eigenvalue weighted by molar-refractivity contribution is 6.31. The van der Waals surface area contributed by atoms with Crippen molar-refractivity contribution in [2.45, 2.75) is 45.9 Å². The molecule has 0 heterocycles. The molecular formula is C17H28Cl3NO. The molecular weight excluding hydrogens is 341 g/mol. The maximum absolute atomic E-state index is 6.22. The number of likely N-dealkylation sites (N-methyl/N-ethyl adjacent to an activating group) is 1. The first-order valence-corrected chi connectivity index (χ1v) is 8.45. The van der Waals surface area contributed by atoms with E-state index in [0.717, 1.165) is 36.0 Å². The molecule has 0 saturated heterocycles. The van der Waals surface area contributed by atoms with Crippen LogP contribution in [0.25, 0.3) is 0 Å². The third kappa shape index (κ3) is 6.95. The van der Waals surface area contributed by atoms with E-state index in [1.165, 1.54) is 5.56 Å². The van der Waals surface area contributed by atoms with Crippen LogP contribution < -0.4 is 4.74 Å². The van der Waals surface area contributed by atoms with Crippen molar-refractivity contribution in [3.05, 3.63) is 28.3 Å². The van der Waals surface area contributed by atoms with Crippen LogP contribution in [0.5, 0.6) is 5.75 Å². The molecule has 1 unspecified atom stereocenters. The summed E-state index contributed by atoms with van der Waals surface area (Å²) in [6, 6.07) is 4.06. The normalized spacial score (nSPS) is 12.4. The summed E-state index contributed by atoms with van der Waals surface area (Å²) >= 11 is 12.3. The van der Waals surface area contributed by atoms with Crippen molar-refractivity contribution >= 4 is 35.6 Å². The van der Waals surface area contributed by atoms with Gasteiger partial charge in [-0.05, 0) is 49.6 Å². The van der Waals surface area contributed by atoms with Crippen molar-refractivity contribution in [3.8, 4) is 5.75 Å². The zero-order chi connectivity index (χ0) is 16.0. The van der Waals surface area contributed by atoms with Gasteiger partial charge in [0, 0.05) is 23.5 Å². The van der Waals surface area contributed by atoms with Gasteiger partial charge in [-0.1, -0.05) is 32.4 Å². The van der Waals surface area contributed by atoms with E-state index in [2.05, 4.69) is 25.7 Å². The number of aryl methyl sites for hydroxylation is 1. The molecule has 5 heteroatoms. The molecule has 1 rings (SSSR count). The monoisotopic (exact) mass is 367 g/mol. The molecule has 2 nitrogen and oxygen atoms in total. The Balaban J connectivity index is 0.00000441. The number of nitrogens with zero attached hydrogens (tertiary/aromatic N) is 1. The molecule has 0 amide bonds. The molecule has 0 aromatic heterocycles. The van der Waals surface area contributed by atoms with Crippen LogP contribution in [-0.4, -0.2) is 36.5 Å². The van der Waals surface area contributed by atoms with Crippen LogP contribution in [-0.2, 0) is 0 Å². The lowest BCUT2D eigenvalue weighted by atomic mass is 10.0. The highest BCUT2D eigenvalue weighted by Gasteiger charge is 2.12. The van der Waals surface area contributed by atoms with Gasteiger partial charge in [0.05, 0.1) is 0 Å². The minimum atomic E-state index is 0. The summed E-state index contributed by atoms with van der Waals surface area (Å²) in [4.78, 5) is 2.30. The Labute approximate surface area is 151 Å². The average molecular weight is 369 g/mol.